The van der Waals surface area contributed by atoms with E-state index in [0.29, 0.717) is 0 Å². The lowest BCUT2D eigenvalue weighted by molar-refractivity contribution is -0.0194. The summed E-state index contributed by atoms with van der Waals surface area (Å²) in [6.45, 7) is 0. The van der Waals surface area contributed by atoms with E-state index >= 15 is 0 Å². The van der Waals surface area contributed by atoms with Crippen molar-refractivity contribution in [2.24, 2.45) is 0 Å². The zero-order valence-corrected chi connectivity index (χ0v) is 31.7. The maximum atomic E-state index is 14.0. The Morgan fingerprint density at radius 2 is 0.905 bits per heavy atom. The lowest BCUT2D eigenvalue weighted by Gasteiger charge is -2.35. The van der Waals surface area contributed by atoms with Crippen molar-refractivity contribution in [3.8, 4) is 86.2 Å². The van der Waals surface area contributed by atoms with E-state index in [4.69, 9.17) is 18.9 Å². The maximum Gasteiger partial charge on any atom is 0.338 e. The molecule has 8 rings (SSSR count). The topological polar surface area (TPSA) is 351 Å². The van der Waals surface area contributed by atoms with Crippen LogP contribution in [0.4, 0.5) is 0 Å². The molecule has 20 nitrogen and oxygen atoms in total. The fourth-order valence-electron chi connectivity index (χ4n) is 7.54. The van der Waals surface area contributed by atoms with Gasteiger partial charge in [0.05, 0.1) is 16.5 Å². The number of phenols is 12. The van der Waals surface area contributed by atoms with Crippen molar-refractivity contribution in [1.82, 2.24) is 0 Å². The molecule has 0 radical (unpaired) electrons. The van der Waals surface area contributed by atoms with Crippen LogP contribution in [0.3, 0.4) is 0 Å². The average Bonchev–Trinajstić information content (AvgIpc) is 3.35. The maximum absolute atomic E-state index is 14.0. The van der Waals surface area contributed by atoms with Gasteiger partial charge >= 0.3 is 11.9 Å². The van der Waals surface area contributed by atoms with E-state index in [1.165, 1.54) is 0 Å². The molecular formula is C43H32O20. The fraction of sp³-hybridized carbons (Fsp3) is 0.140. The summed E-state index contributed by atoms with van der Waals surface area (Å²) in [6, 6.07) is 10.2. The molecule has 324 valence electrons. The Hall–Kier alpha value is -8.81. The number of fused-ring (bicyclic) bond motifs is 3. The molecule has 4 atom stereocenters. The molecule has 0 spiro atoms. The second kappa shape index (κ2) is 15.0. The number of rotatable bonds is 6. The van der Waals surface area contributed by atoms with E-state index in [1.54, 1.807) is 0 Å². The van der Waals surface area contributed by atoms with Crippen molar-refractivity contribution in [2.75, 3.05) is 0 Å². The van der Waals surface area contributed by atoms with Gasteiger partial charge in [0.2, 0.25) is 5.43 Å². The van der Waals surface area contributed by atoms with Crippen molar-refractivity contribution in [2.45, 2.75) is 37.3 Å². The number of carbonyl (C=O) groups excluding carboxylic acids is 2. The highest BCUT2D eigenvalue weighted by molar-refractivity contribution is 5.95. The third-order valence-corrected chi connectivity index (χ3v) is 10.5. The summed E-state index contributed by atoms with van der Waals surface area (Å²) in [5.74, 6) is -13.2. The molecule has 63 heavy (non-hydrogen) atoms. The molecule has 0 fully saturated rings. The first-order valence-corrected chi connectivity index (χ1v) is 18.4. The van der Waals surface area contributed by atoms with Gasteiger partial charge in [-0.1, -0.05) is 0 Å². The van der Waals surface area contributed by atoms with Gasteiger partial charge in [0.15, 0.2) is 64.0 Å². The minimum atomic E-state index is -1.65. The van der Waals surface area contributed by atoms with Crippen molar-refractivity contribution in [1.29, 1.82) is 0 Å². The zero-order valence-electron chi connectivity index (χ0n) is 31.7. The molecular weight excluding hydrogens is 836 g/mol. The molecule has 20 heteroatoms. The first kappa shape index (κ1) is 40.9. The predicted octanol–water partition coefficient (Wildman–Crippen LogP) is 4.18. The smallest absolute Gasteiger partial charge is 0.338 e. The predicted molar refractivity (Wildman–Crippen MR) is 210 cm³/mol. The van der Waals surface area contributed by atoms with E-state index in [-0.39, 0.29) is 45.6 Å². The van der Waals surface area contributed by atoms with Crippen LogP contribution in [0, 0.1) is 0 Å². The number of ether oxygens (including phenoxy) is 4. The Bertz CT molecular complexity index is 2950. The van der Waals surface area contributed by atoms with Gasteiger partial charge in [0, 0.05) is 59.4 Å². The van der Waals surface area contributed by atoms with Crippen LogP contribution < -0.4 is 14.9 Å². The summed E-state index contributed by atoms with van der Waals surface area (Å²) in [5, 5.41) is 135. The van der Waals surface area contributed by atoms with Crippen LogP contribution in [0.25, 0.3) is 10.8 Å². The Labute approximate surface area is 351 Å². The zero-order chi connectivity index (χ0) is 45.3. The summed E-state index contributed by atoms with van der Waals surface area (Å²) in [7, 11) is 0. The Kier molecular flexibility index (Phi) is 9.77. The first-order valence-electron chi connectivity index (χ1n) is 18.4. The number of hydrogen-bond acceptors (Lipinski definition) is 20. The number of benzene rings is 5. The molecule has 0 saturated heterocycles. The molecule has 0 amide bonds. The third kappa shape index (κ3) is 7.19. The lowest BCUT2D eigenvalue weighted by Crippen LogP contribution is -2.35. The van der Waals surface area contributed by atoms with Crippen LogP contribution in [-0.2, 0) is 22.3 Å². The van der Waals surface area contributed by atoms with E-state index in [1.807, 2.05) is 0 Å². The van der Waals surface area contributed by atoms with Crippen LogP contribution in [0.5, 0.6) is 86.2 Å². The van der Waals surface area contributed by atoms with Gasteiger partial charge in [-0.05, 0) is 47.9 Å². The Morgan fingerprint density at radius 1 is 0.476 bits per heavy atom. The highest BCUT2D eigenvalue weighted by Gasteiger charge is 2.41. The van der Waals surface area contributed by atoms with E-state index in [2.05, 4.69) is 0 Å². The summed E-state index contributed by atoms with van der Waals surface area (Å²) in [4.78, 5) is 41.1. The molecule has 1 unspecified atom stereocenters. The number of esters is 2. The highest BCUT2D eigenvalue weighted by atomic mass is 16.6. The number of aromatic hydroxyl groups is 13. The van der Waals surface area contributed by atoms with Crippen LogP contribution in [0.15, 0.2) is 71.5 Å². The van der Waals surface area contributed by atoms with Crippen LogP contribution in [0.2, 0.25) is 0 Å². The third-order valence-electron chi connectivity index (χ3n) is 10.5. The van der Waals surface area contributed by atoms with E-state index in [0.717, 1.165) is 66.7 Å². The van der Waals surface area contributed by atoms with Gasteiger partial charge in [0.1, 0.15) is 46.7 Å². The van der Waals surface area contributed by atoms with Crippen molar-refractivity contribution >= 4 is 22.7 Å². The average molecular weight is 869 g/mol. The van der Waals surface area contributed by atoms with Crippen LogP contribution >= 0.6 is 0 Å². The standard InChI is InChI=1S/C43H32O20/c44-17-7-23(46)21-12-33(62-42(58)15-3-25(48)36(54)26(49)4-15)40(60-31(21)9-17)14-1-19-20(11-30(53)39(57)35(19)38(56)29(52)2-14)41-34(13-22-24(47)8-18(45)10-32(22)61-41)63-43(59)16-5-27(50)37(55)28(51)6-16/h1-11,33-34,40-41,44-51,53-55,57H,12-13H2,(H,52,56)/t33-,34-,40-,41?/m1/s1. The normalized spacial score (nSPS) is 17.7. The van der Waals surface area contributed by atoms with Crippen LogP contribution in [-0.4, -0.2) is 90.5 Å². The molecule has 6 aromatic rings. The quantitative estimate of drug-likeness (QED) is 0.0824. The lowest BCUT2D eigenvalue weighted by atomic mass is 9.89. The fourth-order valence-corrected chi connectivity index (χ4v) is 7.54. The molecule has 6 aromatic carbocycles. The second-order valence-electron chi connectivity index (χ2n) is 14.6. The minimum absolute atomic E-state index is 0.000315. The number of phenolic OH excluding ortho intramolecular Hbond substituents is 12. The van der Waals surface area contributed by atoms with Gasteiger partial charge in [0.25, 0.3) is 0 Å². The van der Waals surface area contributed by atoms with Gasteiger partial charge < -0.3 is 85.3 Å². The van der Waals surface area contributed by atoms with Crippen molar-refractivity contribution in [3.05, 3.63) is 110 Å². The Morgan fingerprint density at radius 3 is 1.38 bits per heavy atom. The van der Waals surface area contributed by atoms with Crippen molar-refractivity contribution < 1.29 is 94.9 Å². The van der Waals surface area contributed by atoms with Gasteiger partial charge in [-0.25, -0.2) is 9.59 Å². The minimum Gasteiger partial charge on any atom is -0.508 e. The summed E-state index contributed by atoms with van der Waals surface area (Å²) >= 11 is 0. The van der Waals surface area contributed by atoms with Gasteiger partial charge in [-0.3, -0.25) is 4.79 Å². The molecule has 0 aliphatic carbocycles. The van der Waals surface area contributed by atoms with E-state index in [9.17, 15) is 80.8 Å². The second-order valence-corrected chi connectivity index (χ2v) is 14.6. The molecule has 2 aliphatic rings. The number of carbonyl (C=O) groups is 2. The van der Waals surface area contributed by atoms with Gasteiger partial charge in [-0.15, -0.1) is 0 Å². The monoisotopic (exact) mass is 868 g/mol. The largest absolute Gasteiger partial charge is 0.508 e. The van der Waals surface area contributed by atoms with Gasteiger partial charge in [-0.2, -0.15) is 0 Å². The summed E-state index contributed by atoms with van der Waals surface area (Å²) < 4.78 is 23.9. The highest BCUT2D eigenvalue weighted by Crippen LogP contribution is 2.49. The molecule has 13 N–H and O–H groups in total. The van der Waals surface area contributed by atoms with Crippen LogP contribution in [0.1, 0.15) is 55.2 Å². The Balaban J connectivity index is 1.31. The molecule has 0 saturated carbocycles. The molecule has 2 heterocycles. The van der Waals surface area contributed by atoms with E-state index < -0.39 is 139 Å². The van der Waals surface area contributed by atoms with Crippen molar-refractivity contribution in [3.63, 3.8) is 0 Å². The summed E-state index contributed by atoms with van der Waals surface area (Å²) in [6.07, 6.45) is -7.15. The molecule has 0 bridgehead atoms. The first-order chi connectivity index (χ1) is 29.8. The molecule has 2 aliphatic heterocycles. The SMILES string of the molecule is O=C(O[C@@H]1Cc2c(O)cc(O)cc2OC1c1cc(O)c(O)c2c(=O)c(O)cc([C@H]3Oc4cc(O)cc(O)c4C[C@H]3OC(=O)c3cc(O)c(O)c(O)c3)cc12)c1cc(O)c(O)c(O)c1. The molecule has 0 aromatic heterocycles. The number of hydrogen-bond donors (Lipinski definition) is 13. The summed E-state index contributed by atoms with van der Waals surface area (Å²) in [5.41, 5.74) is -2.71.